The first kappa shape index (κ1) is 20.6. The van der Waals surface area contributed by atoms with Gasteiger partial charge in [-0.05, 0) is 55.2 Å². The Morgan fingerprint density at radius 1 is 1.14 bits per heavy atom. The van der Waals surface area contributed by atoms with Gasteiger partial charge in [0.2, 0.25) is 0 Å². The van der Waals surface area contributed by atoms with E-state index in [1.165, 1.54) is 32.1 Å². The molecule has 0 bridgehead atoms. The lowest BCUT2D eigenvalue weighted by Gasteiger charge is -2.32. The molecular weight excluding hydrogens is 375 g/mol. The molecule has 1 aliphatic heterocycles. The molecule has 6 nitrogen and oxygen atoms in total. The van der Waals surface area contributed by atoms with E-state index in [1.54, 1.807) is 0 Å². The smallest absolute Gasteiger partial charge is 0.341 e. The first-order valence-electron chi connectivity index (χ1n) is 9.62. The molecule has 7 heteroatoms. The number of nitrogens with zero attached hydrogens (tertiary/aromatic N) is 1. The minimum Gasteiger partial charge on any atom is -0.497 e. The van der Waals surface area contributed by atoms with Crippen molar-refractivity contribution < 1.29 is 23.5 Å². The van der Waals surface area contributed by atoms with Crippen LogP contribution in [-0.2, 0) is 9.53 Å². The van der Waals surface area contributed by atoms with Gasteiger partial charge < -0.3 is 19.7 Å². The number of carbonyl (C=O) groups is 2. The summed E-state index contributed by atoms with van der Waals surface area (Å²) in [6, 6.07) is 11.3. The van der Waals surface area contributed by atoms with Gasteiger partial charge in [0, 0.05) is 30.5 Å². The fourth-order valence-electron chi connectivity index (χ4n) is 3.22. The second-order valence-electron chi connectivity index (χ2n) is 7.19. The number of esters is 1. The molecule has 154 valence electrons. The molecule has 29 heavy (non-hydrogen) atoms. The van der Waals surface area contributed by atoms with E-state index in [1.807, 2.05) is 24.3 Å². The number of anilines is 2. The highest BCUT2D eigenvalue weighted by atomic mass is 19.1. The average Bonchev–Trinajstić information content (AvgIpc) is 2.73. The highest BCUT2D eigenvalue weighted by Crippen LogP contribution is 2.24. The van der Waals surface area contributed by atoms with Crippen molar-refractivity contribution in [1.82, 2.24) is 0 Å². The molecule has 1 fully saturated rings. The minimum absolute atomic E-state index is 0.251. The molecule has 1 amide bonds. The summed E-state index contributed by atoms with van der Waals surface area (Å²) in [6.45, 7) is 3.83. The van der Waals surface area contributed by atoms with Crippen LogP contribution >= 0.6 is 0 Å². The molecule has 1 heterocycles. The molecule has 0 spiro atoms. The van der Waals surface area contributed by atoms with Gasteiger partial charge in [-0.3, -0.25) is 4.79 Å². The number of hydrogen-bond acceptors (Lipinski definition) is 5. The molecule has 1 N–H and O–H groups in total. The SMILES string of the molecule is COc1ccc(C(=O)OCC(=O)Nc2ccc(N3CCC(C)CC3)cc2)c(F)c1. The standard InChI is InChI=1S/C22H25FN2O4/c1-15-9-11-25(12-10-15)17-5-3-16(4-6-17)24-21(26)14-29-22(27)19-8-7-18(28-2)13-20(19)23/h3-8,13,15H,9-12,14H2,1-2H3,(H,24,26). The van der Waals surface area contributed by atoms with Crippen LogP contribution in [0.3, 0.4) is 0 Å². The van der Waals surface area contributed by atoms with E-state index in [9.17, 15) is 14.0 Å². The first-order chi connectivity index (χ1) is 14.0. The maximum Gasteiger partial charge on any atom is 0.341 e. The van der Waals surface area contributed by atoms with Crippen molar-refractivity contribution in [3.63, 3.8) is 0 Å². The van der Waals surface area contributed by atoms with Crippen LogP contribution in [-0.4, -0.2) is 38.7 Å². The quantitative estimate of drug-likeness (QED) is 0.746. The summed E-state index contributed by atoms with van der Waals surface area (Å²) in [5, 5.41) is 2.67. The third kappa shape index (κ3) is 5.47. The Morgan fingerprint density at radius 3 is 2.45 bits per heavy atom. The number of benzene rings is 2. The average molecular weight is 400 g/mol. The number of piperidine rings is 1. The third-order valence-electron chi connectivity index (χ3n) is 5.03. The molecule has 1 aliphatic rings. The van der Waals surface area contributed by atoms with Crippen molar-refractivity contribution in [2.75, 3.05) is 37.0 Å². The zero-order chi connectivity index (χ0) is 20.8. The normalized spacial score (nSPS) is 14.4. The largest absolute Gasteiger partial charge is 0.497 e. The predicted molar refractivity (Wildman–Crippen MR) is 109 cm³/mol. The molecular formula is C22H25FN2O4. The third-order valence-corrected chi connectivity index (χ3v) is 5.03. The first-order valence-corrected chi connectivity index (χ1v) is 9.62. The fourth-order valence-corrected chi connectivity index (χ4v) is 3.22. The van der Waals surface area contributed by atoms with Gasteiger partial charge in [-0.2, -0.15) is 0 Å². The summed E-state index contributed by atoms with van der Waals surface area (Å²) in [5.74, 6) is -1.11. The van der Waals surface area contributed by atoms with Crippen LogP contribution in [0.1, 0.15) is 30.1 Å². The van der Waals surface area contributed by atoms with Crippen LogP contribution in [0.25, 0.3) is 0 Å². The predicted octanol–water partition coefficient (Wildman–Crippen LogP) is 3.87. The lowest BCUT2D eigenvalue weighted by Crippen LogP contribution is -2.32. The fraction of sp³-hybridized carbons (Fsp3) is 0.364. The van der Waals surface area contributed by atoms with E-state index in [4.69, 9.17) is 9.47 Å². The van der Waals surface area contributed by atoms with Gasteiger partial charge in [-0.15, -0.1) is 0 Å². The number of nitrogens with one attached hydrogen (secondary N) is 1. The van der Waals surface area contributed by atoms with Crippen molar-refractivity contribution in [3.05, 3.63) is 53.8 Å². The zero-order valence-electron chi connectivity index (χ0n) is 16.6. The van der Waals surface area contributed by atoms with Crippen molar-refractivity contribution >= 4 is 23.3 Å². The van der Waals surface area contributed by atoms with Crippen LogP contribution in [0, 0.1) is 11.7 Å². The van der Waals surface area contributed by atoms with Gasteiger partial charge in [0.1, 0.15) is 11.6 Å². The van der Waals surface area contributed by atoms with E-state index < -0.39 is 24.3 Å². The maximum atomic E-state index is 13.9. The monoisotopic (exact) mass is 400 g/mol. The van der Waals surface area contributed by atoms with Gasteiger partial charge in [0.05, 0.1) is 12.7 Å². The van der Waals surface area contributed by atoms with Crippen LogP contribution in [0.4, 0.5) is 15.8 Å². The molecule has 0 aromatic heterocycles. The van der Waals surface area contributed by atoms with Crippen molar-refractivity contribution in [3.8, 4) is 5.75 Å². The number of hydrogen-bond donors (Lipinski definition) is 1. The Hall–Kier alpha value is -3.09. The number of methoxy groups -OCH3 is 1. The van der Waals surface area contributed by atoms with E-state index in [0.29, 0.717) is 11.4 Å². The number of rotatable bonds is 6. The highest BCUT2D eigenvalue weighted by Gasteiger charge is 2.17. The maximum absolute atomic E-state index is 13.9. The molecule has 0 radical (unpaired) electrons. The van der Waals surface area contributed by atoms with Gasteiger partial charge >= 0.3 is 5.97 Å². The van der Waals surface area contributed by atoms with Crippen LogP contribution < -0.4 is 15.0 Å². The molecule has 2 aromatic carbocycles. The Kier molecular flexibility index (Phi) is 6.69. The molecule has 0 aliphatic carbocycles. The van der Waals surface area contributed by atoms with Crippen LogP contribution in [0.5, 0.6) is 5.75 Å². The summed E-state index contributed by atoms with van der Waals surface area (Å²) in [4.78, 5) is 26.4. The van der Waals surface area contributed by atoms with E-state index >= 15 is 0 Å². The van der Waals surface area contributed by atoms with Gasteiger partial charge in [0.15, 0.2) is 6.61 Å². The van der Waals surface area contributed by atoms with Crippen LogP contribution in [0.15, 0.2) is 42.5 Å². The van der Waals surface area contributed by atoms with E-state index in [2.05, 4.69) is 17.1 Å². The number of halogens is 1. The topological polar surface area (TPSA) is 67.9 Å². The summed E-state index contributed by atoms with van der Waals surface area (Å²) in [5.41, 5.74) is 1.48. The Morgan fingerprint density at radius 2 is 1.83 bits per heavy atom. The van der Waals surface area contributed by atoms with Crippen molar-refractivity contribution in [1.29, 1.82) is 0 Å². The molecule has 3 rings (SSSR count). The van der Waals surface area contributed by atoms with Gasteiger partial charge in [-0.1, -0.05) is 6.92 Å². The van der Waals surface area contributed by atoms with Crippen LogP contribution in [0.2, 0.25) is 0 Å². The number of ether oxygens (including phenoxy) is 2. The van der Waals surface area contributed by atoms with E-state index in [0.717, 1.165) is 30.8 Å². The lowest BCUT2D eigenvalue weighted by atomic mass is 9.99. The second-order valence-corrected chi connectivity index (χ2v) is 7.19. The zero-order valence-corrected chi connectivity index (χ0v) is 16.6. The molecule has 1 saturated heterocycles. The lowest BCUT2D eigenvalue weighted by molar-refractivity contribution is -0.119. The minimum atomic E-state index is -0.907. The van der Waals surface area contributed by atoms with Gasteiger partial charge in [-0.25, -0.2) is 9.18 Å². The molecule has 0 unspecified atom stereocenters. The summed E-state index contributed by atoms with van der Waals surface area (Å²) < 4.78 is 23.7. The number of amides is 1. The Balaban J connectivity index is 1.49. The second kappa shape index (κ2) is 9.41. The Labute approximate surface area is 169 Å². The van der Waals surface area contributed by atoms with Gasteiger partial charge in [0.25, 0.3) is 5.91 Å². The molecule has 2 aromatic rings. The highest BCUT2D eigenvalue weighted by molar-refractivity contribution is 5.95. The summed E-state index contributed by atoms with van der Waals surface area (Å²) >= 11 is 0. The molecule has 0 saturated carbocycles. The molecule has 0 atom stereocenters. The Bertz CT molecular complexity index is 862. The number of carbonyl (C=O) groups excluding carboxylic acids is 2. The van der Waals surface area contributed by atoms with E-state index in [-0.39, 0.29) is 5.56 Å². The van der Waals surface area contributed by atoms with Crippen molar-refractivity contribution in [2.24, 2.45) is 5.92 Å². The summed E-state index contributed by atoms with van der Waals surface area (Å²) in [6.07, 6.45) is 2.36. The van der Waals surface area contributed by atoms with Crippen molar-refractivity contribution in [2.45, 2.75) is 19.8 Å². The summed E-state index contributed by atoms with van der Waals surface area (Å²) in [7, 11) is 1.40.